The van der Waals surface area contributed by atoms with Crippen LogP contribution in [0.15, 0.2) is 24.8 Å². The lowest BCUT2D eigenvalue weighted by atomic mass is 10.1. The van der Waals surface area contributed by atoms with Gasteiger partial charge in [0, 0.05) is 0 Å². The Kier molecular flexibility index (Phi) is 8.93. The van der Waals surface area contributed by atoms with Crippen LogP contribution in [-0.2, 0) is 27.2 Å². The fourth-order valence-corrected chi connectivity index (χ4v) is 3.75. The highest BCUT2D eigenvalue weighted by Gasteiger charge is 2.29. The van der Waals surface area contributed by atoms with Crippen LogP contribution in [0.25, 0.3) is 11.6 Å². The summed E-state index contributed by atoms with van der Waals surface area (Å²) in [6.45, 7) is 6.78. The Bertz CT molecular complexity index is 639. The maximum atomic E-state index is 2.44. The van der Waals surface area contributed by atoms with E-state index in [4.69, 9.17) is 0 Å². The Morgan fingerprint density at radius 1 is 0.615 bits per heavy atom. The zero-order chi connectivity index (χ0) is 18.8. The number of hydrogen-bond donors (Lipinski definition) is 0. The van der Waals surface area contributed by atoms with Crippen molar-refractivity contribution in [2.75, 3.05) is 0 Å². The molecule has 26 heavy (non-hydrogen) atoms. The molecule has 0 saturated carbocycles. The maximum absolute atomic E-state index is 2.44. The third-order valence-electron chi connectivity index (χ3n) is 5.36. The molecule has 0 unspecified atom stereocenters. The van der Waals surface area contributed by atoms with Crippen molar-refractivity contribution in [3.05, 3.63) is 24.8 Å². The number of aryl methyl sites for hydroxylation is 4. The Hall–Kier alpha value is -1.58. The van der Waals surface area contributed by atoms with Crippen LogP contribution in [0.3, 0.4) is 0 Å². The van der Waals surface area contributed by atoms with Crippen molar-refractivity contribution in [1.82, 2.24) is 9.13 Å². The van der Waals surface area contributed by atoms with Gasteiger partial charge in [0.1, 0.15) is 24.8 Å². The van der Waals surface area contributed by atoms with Gasteiger partial charge in [0.05, 0.1) is 27.2 Å². The highest BCUT2D eigenvalue weighted by atomic mass is 15.2. The lowest BCUT2D eigenvalue weighted by Gasteiger charge is -2.04. The first-order valence-corrected chi connectivity index (χ1v) is 10.8. The summed E-state index contributed by atoms with van der Waals surface area (Å²) in [6, 6.07) is 0. The minimum Gasteiger partial charge on any atom is -0.226 e. The maximum Gasteiger partial charge on any atom is 0.373 e. The molecule has 0 atom stereocenters. The molecule has 0 fully saturated rings. The molecule has 2 aromatic heterocycles. The summed E-state index contributed by atoms with van der Waals surface area (Å²) in [4.78, 5) is 0. The zero-order valence-corrected chi connectivity index (χ0v) is 17.6. The number of aromatic nitrogens is 4. The van der Waals surface area contributed by atoms with Gasteiger partial charge >= 0.3 is 11.6 Å². The molecule has 2 aromatic rings. The van der Waals surface area contributed by atoms with Gasteiger partial charge in [0.15, 0.2) is 0 Å². The predicted octanol–water partition coefficient (Wildman–Crippen LogP) is 4.55. The van der Waals surface area contributed by atoms with Crippen LogP contribution < -0.4 is 9.13 Å². The van der Waals surface area contributed by atoms with Crippen molar-refractivity contribution < 1.29 is 9.13 Å². The van der Waals surface area contributed by atoms with E-state index in [0.717, 1.165) is 13.1 Å². The van der Waals surface area contributed by atoms with E-state index in [9.17, 15) is 0 Å². The second-order valence-corrected chi connectivity index (χ2v) is 7.68. The van der Waals surface area contributed by atoms with Crippen molar-refractivity contribution >= 4 is 0 Å². The first-order chi connectivity index (χ1) is 12.7. The Morgan fingerprint density at radius 2 is 1.00 bits per heavy atom. The van der Waals surface area contributed by atoms with Crippen molar-refractivity contribution in [2.45, 2.75) is 91.1 Å². The van der Waals surface area contributed by atoms with Crippen molar-refractivity contribution in [3.63, 3.8) is 0 Å². The first kappa shape index (κ1) is 20.7. The molecule has 0 spiro atoms. The number of unbranched alkanes of at least 4 members (excludes halogenated alkanes) is 8. The topological polar surface area (TPSA) is 17.6 Å². The largest absolute Gasteiger partial charge is 0.373 e. The molecule has 4 heteroatoms. The van der Waals surface area contributed by atoms with Crippen LogP contribution in [0, 0.1) is 0 Å². The molecule has 2 rings (SSSR count). The molecule has 146 valence electrons. The fraction of sp³-hybridized carbons (Fsp3) is 0.727. The van der Waals surface area contributed by atoms with E-state index in [1.54, 1.807) is 0 Å². The number of hydrogen-bond acceptors (Lipinski definition) is 0. The SMILES string of the molecule is CCCCCCCCn1cc[n+](C)c1-c1n(CCCCCC)cc[n+]1C. The van der Waals surface area contributed by atoms with Gasteiger partial charge in [-0.1, -0.05) is 52.4 Å². The van der Waals surface area contributed by atoms with Crippen molar-refractivity contribution in [1.29, 1.82) is 0 Å². The summed E-state index contributed by atoms with van der Waals surface area (Å²) in [5.74, 6) is 2.64. The average Bonchev–Trinajstić information content (AvgIpc) is 3.17. The number of nitrogens with zero attached hydrogens (tertiary/aromatic N) is 4. The Morgan fingerprint density at radius 3 is 1.46 bits per heavy atom. The van der Waals surface area contributed by atoms with Crippen LogP contribution >= 0.6 is 0 Å². The molecular weight excluding hydrogens is 320 g/mol. The standard InChI is InChI=1S/C22H40N4/c1-5-7-9-11-12-14-16-26-20-18-24(4)22(26)21-23(3)17-19-25(21)15-13-10-8-6-2/h17-20H,5-16H2,1-4H3/q+2. The molecule has 0 aromatic carbocycles. The average molecular weight is 361 g/mol. The molecule has 2 heterocycles. The minimum absolute atomic E-state index is 1.11. The highest BCUT2D eigenvalue weighted by molar-refractivity contribution is 5.36. The van der Waals surface area contributed by atoms with E-state index in [1.807, 2.05) is 0 Å². The smallest absolute Gasteiger partial charge is 0.226 e. The second kappa shape index (κ2) is 11.2. The summed E-state index contributed by atoms with van der Waals surface area (Å²) < 4.78 is 9.42. The van der Waals surface area contributed by atoms with E-state index in [-0.39, 0.29) is 0 Å². The molecule has 0 N–H and O–H groups in total. The third-order valence-corrected chi connectivity index (χ3v) is 5.36. The van der Waals surface area contributed by atoms with Crippen molar-refractivity contribution in [2.24, 2.45) is 14.1 Å². The van der Waals surface area contributed by atoms with Gasteiger partial charge in [-0.05, 0) is 25.7 Å². The van der Waals surface area contributed by atoms with Crippen molar-refractivity contribution in [3.8, 4) is 11.6 Å². The quantitative estimate of drug-likeness (QED) is 0.368. The van der Waals surface area contributed by atoms with E-state index < -0.39 is 0 Å². The van der Waals surface area contributed by atoms with Gasteiger partial charge in [-0.2, -0.15) is 0 Å². The van der Waals surface area contributed by atoms with Crippen LogP contribution in [0.4, 0.5) is 0 Å². The monoisotopic (exact) mass is 360 g/mol. The summed E-state index contributed by atoms with van der Waals surface area (Å²) in [5, 5.41) is 0. The summed E-state index contributed by atoms with van der Waals surface area (Å²) in [6.07, 6.45) is 22.2. The van der Waals surface area contributed by atoms with Gasteiger partial charge in [0.25, 0.3) is 0 Å². The molecule has 0 amide bonds. The minimum atomic E-state index is 1.11. The van der Waals surface area contributed by atoms with Crippen LogP contribution in [-0.4, -0.2) is 9.13 Å². The summed E-state index contributed by atoms with van der Waals surface area (Å²) in [7, 11) is 4.33. The normalized spacial score (nSPS) is 11.4. The Balaban J connectivity index is 2.04. The fourth-order valence-electron chi connectivity index (χ4n) is 3.75. The number of imidazole rings is 2. The molecule has 0 radical (unpaired) electrons. The van der Waals surface area contributed by atoms with Gasteiger partial charge in [-0.3, -0.25) is 0 Å². The number of rotatable bonds is 13. The molecule has 0 aliphatic rings. The van der Waals surface area contributed by atoms with Crippen LogP contribution in [0.1, 0.15) is 78.1 Å². The zero-order valence-electron chi connectivity index (χ0n) is 17.6. The van der Waals surface area contributed by atoms with Gasteiger partial charge in [0.2, 0.25) is 0 Å². The molecule has 0 bridgehead atoms. The predicted molar refractivity (Wildman–Crippen MR) is 108 cm³/mol. The summed E-state index contributed by atoms with van der Waals surface area (Å²) >= 11 is 0. The second-order valence-electron chi connectivity index (χ2n) is 7.68. The third kappa shape index (κ3) is 5.72. The molecule has 0 aliphatic heterocycles. The molecular formula is C22H40N4+2. The molecule has 4 nitrogen and oxygen atoms in total. The van der Waals surface area contributed by atoms with Gasteiger partial charge in [-0.25, -0.2) is 18.3 Å². The lowest BCUT2D eigenvalue weighted by Crippen LogP contribution is -2.38. The van der Waals surface area contributed by atoms with Gasteiger partial charge < -0.3 is 0 Å². The van der Waals surface area contributed by atoms with Crippen LogP contribution in [0.5, 0.6) is 0 Å². The Labute approximate surface area is 160 Å². The lowest BCUT2D eigenvalue weighted by molar-refractivity contribution is -0.690. The van der Waals surface area contributed by atoms with Crippen LogP contribution in [0.2, 0.25) is 0 Å². The highest BCUT2D eigenvalue weighted by Crippen LogP contribution is 2.15. The first-order valence-electron chi connectivity index (χ1n) is 10.8. The molecule has 0 aliphatic carbocycles. The van der Waals surface area contributed by atoms with Gasteiger partial charge in [-0.15, -0.1) is 0 Å². The van der Waals surface area contributed by atoms with E-state index in [0.29, 0.717) is 0 Å². The van der Waals surface area contributed by atoms with E-state index >= 15 is 0 Å². The van der Waals surface area contributed by atoms with E-state index in [1.165, 1.54) is 75.9 Å². The van der Waals surface area contributed by atoms with E-state index in [2.05, 4.69) is 71.0 Å². The molecule has 0 saturated heterocycles. The summed E-state index contributed by atoms with van der Waals surface area (Å²) in [5.41, 5.74) is 0.